The average Bonchev–Trinajstić information content (AvgIpc) is 2.77. The molecule has 2 heterocycles. The lowest BCUT2D eigenvalue weighted by Crippen LogP contribution is -2.38. The van der Waals surface area contributed by atoms with Crippen LogP contribution in [0.15, 0.2) is 10.6 Å². The summed E-state index contributed by atoms with van der Waals surface area (Å²) in [5.74, 6) is -0.450. The van der Waals surface area contributed by atoms with Crippen LogP contribution in [0, 0.1) is 5.92 Å². The number of halogens is 3. The first-order valence-corrected chi connectivity index (χ1v) is 6.37. The number of piperidine rings is 1. The first-order valence-electron chi connectivity index (χ1n) is 6.37. The van der Waals surface area contributed by atoms with E-state index in [1.54, 1.807) is 0 Å². The number of alkyl halides is 3. The van der Waals surface area contributed by atoms with Crippen LogP contribution in [0.3, 0.4) is 0 Å². The van der Waals surface area contributed by atoms with Crippen molar-refractivity contribution in [1.29, 1.82) is 0 Å². The van der Waals surface area contributed by atoms with Crippen molar-refractivity contribution in [3.8, 4) is 0 Å². The molecule has 0 atom stereocenters. The summed E-state index contributed by atoms with van der Waals surface area (Å²) in [6, 6.07) is 1.84. The van der Waals surface area contributed by atoms with Crippen molar-refractivity contribution in [3.63, 3.8) is 0 Å². The fourth-order valence-electron chi connectivity index (χ4n) is 2.33. The molecule has 2 rings (SSSR count). The van der Waals surface area contributed by atoms with Gasteiger partial charge in [0.05, 0.1) is 18.2 Å². The average molecular weight is 277 g/mol. The lowest BCUT2D eigenvalue weighted by molar-refractivity contribution is -0.185. The van der Waals surface area contributed by atoms with E-state index in [0.29, 0.717) is 31.9 Å². The van der Waals surface area contributed by atoms with Crippen molar-refractivity contribution < 1.29 is 17.7 Å². The fraction of sp³-hybridized carbons (Fsp3) is 0.750. The van der Waals surface area contributed by atoms with E-state index in [1.165, 1.54) is 0 Å². The third-order valence-corrected chi connectivity index (χ3v) is 3.40. The molecule has 7 heteroatoms. The molecule has 1 N–H and O–H groups in total. The Morgan fingerprint density at radius 1 is 1.42 bits per heavy atom. The van der Waals surface area contributed by atoms with Gasteiger partial charge in [0.2, 0.25) is 0 Å². The largest absolute Gasteiger partial charge is 0.391 e. The van der Waals surface area contributed by atoms with Crippen molar-refractivity contribution in [1.82, 2.24) is 15.4 Å². The van der Waals surface area contributed by atoms with E-state index in [0.717, 1.165) is 5.69 Å². The van der Waals surface area contributed by atoms with Crippen LogP contribution in [-0.2, 0) is 13.1 Å². The van der Waals surface area contributed by atoms with Gasteiger partial charge in [-0.3, -0.25) is 4.90 Å². The molecule has 4 nitrogen and oxygen atoms in total. The minimum atomic E-state index is -4.06. The molecule has 1 saturated heterocycles. The minimum absolute atomic E-state index is 0.168. The second-order valence-electron chi connectivity index (χ2n) is 4.91. The molecule has 1 aliphatic heterocycles. The van der Waals surface area contributed by atoms with Gasteiger partial charge in [-0.25, -0.2) is 0 Å². The highest BCUT2D eigenvalue weighted by Gasteiger charge is 2.41. The fourth-order valence-corrected chi connectivity index (χ4v) is 2.33. The van der Waals surface area contributed by atoms with Gasteiger partial charge < -0.3 is 9.84 Å². The van der Waals surface area contributed by atoms with Gasteiger partial charge in [0.1, 0.15) is 0 Å². The Morgan fingerprint density at radius 3 is 2.68 bits per heavy atom. The van der Waals surface area contributed by atoms with Gasteiger partial charge in [0.15, 0.2) is 5.76 Å². The van der Waals surface area contributed by atoms with Crippen LogP contribution in [0.5, 0.6) is 0 Å². The predicted octanol–water partition coefficient (Wildman–Crippen LogP) is 2.17. The Labute approximate surface area is 109 Å². The van der Waals surface area contributed by atoms with Crippen LogP contribution in [-0.4, -0.2) is 36.4 Å². The topological polar surface area (TPSA) is 41.3 Å². The zero-order chi connectivity index (χ0) is 13.9. The molecule has 19 heavy (non-hydrogen) atoms. The van der Waals surface area contributed by atoms with Crippen LogP contribution >= 0.6 is 0 Å². The van der Waals surface area contributed by atoms with Crippen molar-refractivity contribution in [2.75, 3.05) is 20.1 Å². The molecular formula is C12H18F3N3O. The third-order valence-electron chi connectivity index (χ3n) is 3.40. The van der Waals surface area contributed by atoms with Gasteiger partial charge in [-0.15, -0.1) is 0 Å². The molecule has 1 aromatic heterocycles. The highest BCUT2D eigenvalue weighted by Crippen LogP contribution is 2.34. The molecule has 1 fully saturated rings. The molecule has 0 unspecified atom stereocenters. The number of aromatic nitrogens is 1. The molecule has 0 spiro atoms. The monoisotopic (exact) mass is 277 g/mol. The van der Waals surface area contributed by atoms with Crippen molar-refractivity contribution >= 4 is 0 Å². The maximum absolute atomic E-state index is 12.5. The van der Waals surface area contributed by atoms with E-state index in [2.05, 4.69) is 10.5 Å². The molecule has 0 aliphatic carbocycles. The molecular weight excluding hydrogens is 259 g/mol. The second kappa shape index (κ2) is 5.92. The number of rotatable bonds is 4. The molecule has 1 aliphatic rings. The molecule has 0 bridgehead atoms. The van der Waals surface area contributed by atoms with Gasteiger partial charge in [-0.2, -0.15) is 13.2 Å². The Hall–Kier alpha value is -1.08. The number of hydrogen-bond donors (Lipinski definition) is 1. The van der Waals surface area contributed by atoms with E-state index in [1.807, 2.05) is 18.0 Å². The summed E-state index contributed by atoms with van der Waals surface area (Å²) in [6.45, 7) is 2.05. The summed E-state index contributed by atoms with van der Waals surface area (Å²) in [5, 5.41) is 6.84. The normalized spacial score (nSPS) is 18.9. The van der Waals surface area contributed by atoms with E-state index in [-0.39, 0.29) is 12.8 Å². The standard InChI is InChI=1S/C12H18F3N3O/c1-16-7-10-6-11(19-17-10)8-18-4-2-9(3-5-18)12(13,14)15/h6,9,16H,2-5,7-8H2,1H3. The van der Waals surface area contributed by atoms with Crippen LogP contribution in [0.4, 0.5) is 13.2 Å². The van der Waals surface area contributed by atoms with Gasteiger partial charge in [-0.1, -0.05) is 5.16 Å². The Morgan fingerprint density at radius 2 is 2.11 bits per heavy atom. The number of likely N-dealkylation sites (tertiary alicyclic amines) is 1. The van der Waals surface area contributed by atoms with Crippen LogP contribution in [0.2, 0.25) is 0 Å². The van der Waals surface area contributed by atoms with Crippen molar-refractivity contribution in [2.24, 2.45) is 5.92 Å². The highest BCUT2D eigenvalue weighted by molar-refractivity contribution is 5.05. The predicted molar refractivity (Wildman–Crippen MR) is 63.3 cm³/mol. The molecule has 0 aromatic carbocycles. The summed E-state index contributed by atoms with van der Waals surface area (Å²) in [7, 11) is 1.82. The maximum Gasteiger partial charge on any atom is 0.391 e. The summed E-state index contributed by atoms with van der Waals surface area (Å²) >= 11 is 0. The first kappa shape index (κ1) is 14.3. The lowest BCUT2D eigenvalue weighted by atomic mass is 9.96. The van der Waals surface area contributed by atoms with Gasteiger partial charge in [0, 0.05) is 12.6 Å². The number of nitrogens with zero attached hydrogens (tertiary/aromatic N) is 2. The van der Waals surface area contributed by atoms with Gasteiger partial charge >= 0.3 is 6.18 Å². The molecule has 108 valence electrons. The second-order valence-corrected chi connectivity index (χ2v) is 4.91. The van der Waals surface area contributed by atoms with Crippen LogP contribution in [0.25, 0.3) is 0 Å². The lowest BCUT2D eigenvalue weighted by Gasteiger charge is -2.32. The Kier molecular flexibility index (Phi) is 4.46. The van der Waals surface area contributed by atoms with E-state index >= 15 is 0 Å². The van der Waals surface area contributed by atoms with Crippen molar-refractivity contribution in [2.45, 2.75) is 32.1 Å². The maximum atomic E-state index is 12.5. The molecule has 1 aromatic rings. The van der Waals surface area contributed by atoms with E-state index < -0.39 is 12.1 Å². The SMILES string of the molecule is CNCc1cc(CN2CCC(C(F)(F)F)CC2)on1. The van der Waals surface area contributed by atoms with E-state index in [4.69, 9.17) is 4.52 Å². The summed E-state index contributed by atoms with van der Waals surface area (Å²) in [5.41, 5.74) is 0.808. The Balaban J connectivity index is 1.82. The number of hydrogen-bond acceptors (Lipinski definition) is 4. The van der Waals surface area contributed by atoms with E-state index in [9.17, 15) is 13.2 Å². The van der Waals surface area contributed by atoms with Gasteiger partial charge in [0.25, 0.3) is 0 Å². The molecule has 0 saturated carbocycles. The summed E-state index contributed by atoms with van der Waals surface area (Å²) in [4.78, 5) is 1.98. The quantitative estimate of drug-likeness (QED) is 0.915. The van der Waals surface area contributed by atoms with Gasteiger partial charge in [-0.05, 0) is 33.0 Å². The minimum Gasteiger partial charge on any atom is -0.360 e. The zero-order valence-corrected chi connectivity index (χ0v) is 10.8. The summed E-state index contributed by atoms with van der Waals surface area (Å²) < 4.78 is 42.7. The Bertz CT molecular complexity index is 397. The third kappa shape index (κ3) is 3.94. The molecule has 0 radical (unpaired) electrons. The summed E-state index contributed by atoms with van der Waals surface area (Å²) in [6.07, 6.45) is -3.72. The smallest absolute Gasteiger partial charge is 0.360 e. The van der Waals surface area contributed by atoms with Crippen molar-refractivity contribution in [3.05, 3.63) is 17.5 Å². The highest BCUT2D eigenvalue weighted by atomic mass is 19.4. The van der Waals surface area contributed by atoms with Crippen LogP contribution in [0.1, 0.15) is 24.3 Å². The zero-order valence-electron chi connectivity index (χ0n) is 10.8. The van der Waals surface area contributed by atoms with Crippen LogP contribution < -0.4 is 5.32 Å². The first-order chi connectivity index (χ1) is 8.99. The molecule has 0 amide bonds. The number of nitrogens with one attached hydrogen (secondary N) is 1.